The number of benzene rings is 2. The predicted octanol–water partition coefficient (Wildman–Crippen LogP) is 3.26. The van der Waals surface area contributed by atoms with Gasteiger partial charge in [-0.25, -0.2) is 9.37 Å². The smallest absolute Gasteiger partial charge is 0.267 e. The van der Waals surface area contributed by atoms with Crippen molar-refractivity contribution in [1.82, 2.24) is 9.88 Å². The second kappa shape index (κ2) is 10.7. The number of pyridine rings is 1. The van der Waals surface area contributed by atoms with Gasteiger partial charge in [-0.05, 0) is 60.7 Å². The maximum absolute atomic E-state index is 13.1. The van der Waals surface area contributed by atoms with E-state index in [-0.39, 0.29) is 11.5 Å². The third-order valence-electron chi connectivity index (χ3n) is 5.30. The van der Waals surface area contributed by atoms with Gasteiger partial charge in [0.05, 0.1) is 5.69 Å². The van der Waals surface area contributed by atoms with E-state index in [9.17, 15) is 13.7 Å². The molecule has 3 N–H and O–H groups in total. The molecule has 0 radical (unpaired) electrons. The van der Waals surface area contributed by atoms with Crippen LogP contribution in [0.3, 0.4) is 0 Å². The van der Waals surface area contributed by atoms with Gasteiger partial charge in [0.2, 0.25) is 0 Å². The second-order valence-electron chi connectivity index (χ2n) is 7.69. The fourth-order valence-corrected chi connectivity index (χ4v) is 4.62. The van der Waals surface area contributed by atoms with Crippen molar-refractivity contribution in [2.24, 2.45) is 5.73 Å². The number of halogens is 1. The van der Waals surface area contributed by atoms with Gasteiger partial charge in [-0.3, -0.25) is 9.69 Å². The third kappa shape index (κ3) is 6.44. The number of carbonyl (C=O) groups is 1. The van der Waals surface area contributed by atoms with E-state index in [1.54, 1.807) is 30.3 Å². The third-order valence-corrected chi connectivity index (χ3v) is 6.58. The molecule has 0 atom stereocenters. The van der Waals surface area contributed by atoms with Crippen molar-refractivity contribution < 1.29 is 18.5 Å². The van der Waals surface area contributed by atoms with Crippen molar-refractivity contribution in [3.05, 3.63) is 72.2 Å². The molecule has 3 aromatic rings. The summed E-state index contributed by atoms with van der Waals surface area (Å²) in [6.07, 6.45) is 0. The molecule has 7 nitrogen and oxygen atoms in total. The largest absolute Gasteiger partial charge is 0.616 e. The number of nitrogens with zero attached hydrogens (tertiary/aromatic N) is 2. The van der Waals surface area contributed by atoms with Crippen LogP contribution in [-0.2, 0) is 11.2 Å². The lowest BCUT2D eigenvalue weighted by molar-refractivity contribution is 0.0995. The molecule has 0 saturated carbocycles. The Balaban J connectivity index is 1.44. The summed E-state index contributed by atoms with van der Waals surface area (Å²) in [6.45, 7) is 3.15. The van der Waals surface area contributed by atoms with Crippen LogP contribution in [0.5, 0.6) is 11.5 Å². The molecule has 9 heteroatoms. The van der Waals surface area contributed by atoms with Crippen molar-refractivity contribution in [3.8, 4) is 22.8 Å². The molecule has 172 valence electrons. The van der Waals surface area contributed by atoms with E-state index in [1.165, 1.54) is 12.1 Å². The molecule has 0 aliphatic carbocycles. The Bertz CT molecular complexity index is 1090. The Kier molecular flexibility index (Phi) is 7.43. The Hall–Kier alpha value is -3.14. The van der Waals surface area contributed by atoms with Crippen molar-refractivity contribution >= 4 is 22.8 Å². The molecule has 1 aliphatic heterocycles. The van der Waals surface area contributed by atoms with Crippen LogP contribution in [0.1, 0.15) is 10.5 Å². The predicted molar refractivity (Wildman–Crippen MR) is 127 cm³/mol. The van der Waals surface area contributed by atoms with Gasteiger partial charge in [0.15, 0.2) is 0 Å². The Morgan fingerprint density at radius 3 is 2.36 bits per heavy atom. The normalized spacial score (nSPS) is 14.7. The number of aromatic nitrogens is 1. The van der Waals surface area contributed by atoms with E-state index < -0.39 is 17.1 Å². The number of primary amides is 1. The highest BCUT2D eigenvalue weighted by Crippen LogP contribution is 2.27. The summed E-state index contributed by atoms with van der Waals surface area (Å²) >= 11 is -0.695. The number of ether oxygens (including phenoxy) is 1. The zero-order valence-corrected chi connectivity index (χ0v) is 18.8. The van der Waals surface area contributed by atoms with Crippen LogP contribution in [0.2, 0.25) is 0 Å². The summed E-state index contributed by atoms with van der Waals surface area (Å²) in [6, 6.07) is 16.5. The first-order valence-electron chi connectivity index (χ1n) is 10.6. The Morgan fingerprint density at radius 1 is 1.09 bits per heavy atom. The fourth-order valence-electron chi connectivity index (χ4n) is 3.50. The van der Waals surface area contributed by atoms with Gasteiger partial charge in [0.25, 0.3) is 5.91 Å². The molecule has 1 saturated heterocycles. The summed E-state index contributed by atoms with van der Waals surface area (Å²) in [4.78, 5) is 18.5. The number of rotatable bonds is 8. The minimum atomic E-state index is -0.695. The lowest BCUT2D eigenvalue weighted by atomic mass is 10.1. The maximum Gasteiger partial charge on any atom is 0.267 e. The first-order chi connectivity index (χ1) is 16.0. The van der Waals surface area contributed by atoms with Gasteiger partial charge >= 0.3 is 0 Å². The van der Waals surface area contributed by atoms with Gasteiger partial charge in [-0.2, -0.15) is 0 Å². The van der Waals surface area contributed by atoms with Crippen molar-refractivity contribution in [3.63, 3.8) is 0 Å². The van der Waals surface area contributed by atoms with E-state index in [0.717, 1.165) is 30.9 Å². The molecule has 1 aliphatic rings. The number of amides is 1. The van der Waals surface area contributed by atoms with Gasteiger partial charge < -0.3 is 20.3 Å². The Morgan fingerprint density at radius 2 is 1.73 bits per heavy atom. The van der Waals surface area contributed by atoms with E-state index in [2.05, 4.69) is 15.2 Å². The summed E-state index contributed by atoms with van der Waals surface area (Å²) in [5, 5.41) is 3.34. The molecule has 0 unspecified atom stereocenters. The Labute approximate surface area is 194 Å². The highest BCUT2D eigenvalue weighted by Gasteiger charge is 2.18. The fraction of sp³-hybridized carbons (Fsp3) is 0.250. The van der Waals surface area contributed by atoms with Gasteiger partial charge in [0.1, 0.15) is 34.5 Å². The van der Waals surface area contributed by atoms with Gasteiger partial charge in [-0.15, -0.1) is 0 Å². The van der Waals surface area contributed by atoms with E-state index in [4.69, 9.17) is 10.5 Å². The van der Waals surface area contributed by atoms with Gasteiger partial charge in [-0.1, -0.05) is 11.2 Å². The van der Waals surface area contributed by atoms with E-state index >= 15 is 0 Å². The first kappa shape index (κ1) is 23.0. The summed E-state index contributed by atoms with van der Waals surface area (Å²) in [5.41, 5.74) is 7.83. The number of anilines is 1. The zero-order chi connectivity index (χ0) is 23.2. The second-order valence-corrected chi connectivity index (χ2v) is 9.38. The minimum Gasteiger partial charge on any atom is -0.616 e. The van der Waals surface area contributed by atoms with Crippen molar-refractivity contribution in [2.45, 2.75) is 0 Å². The van der Waals surface area contributed by atoms with Crippen LogP contribution < -0.4 is 15.8 Å². The summed E-state index contributed by atoms with van der Waals surface area (Å²) in [5.74, 6) is 1.63. The van der Waals surface area contributed by atoms with Crippen LogP contribution in [0.15, 0.2) is 60.7 Å². The quantitative estimate of drug-likeness (QED) is 0.492. The first-order valence-corrected chi connectivity index (χ1v) is 12.1. The average molecular weight is 469 g/mol. The molecule has 0 bridgehead atoms. The minimum absolute atomic E-state index is 0.176. The number of carbonyl (C=O) groups excluding carboxylic acids is 1. The number of nitrogens with two attached hydrogens (primary N) is 1. The molecule has 4 rings (SSSR count). The summed E-state index contributed by atoms with van der Waals surface area (Å²) < 4.78 is 30.3. The molecular weight excluding hydrogens is 443 g/mol. The highest BCUT2D eigenvalue weighted by atomic mass is 32.2. The van der Waals surface area contributed by atoms with Gasteiger partial charge in [0, 0.05) is 37.4 Å². The lowest BCUT2D eigenvalue weighted by Gasteiger charge is -2.28. The van der Waals surface area contributed by atoms with Crippen molar-refractivity contribution in [2.75, 3.05) is 43.0 Å². The SMILES string of the molecule is NC(=O)c1cc(NCCN2CC[S+]([O-])CC2)cc(-c2ccc(Oc3ccc(F)cc3)cc2)n1. The number of nitrogens with one attached hydrogen (secondary N) is 1. The molecular formula is C24H25FN4O3S. The van der Waals surface area contributed by atoms with Crippen molar-refractivity contribution in [1.29, 1.82) is 0 Å². The maximum atomic E-state index is 13.1. The molecule has 0 spiro atoms. The van der Waals surface area contributed by atoms with Crippen LogP contribution in [-0.4, -0.2) is 58.0 Å². The monoisotopic (exact) mass is 468 g/mol. The van der Waals surface area contributed by atoms with E-state index in [0.29, 0.717) is 35.2 Å². The molecule has 2 heterocycles. The van der Waals surface area contributed by atoms with Crippen LogP contribution in [0.25, 0.3) is 11.3 Å². The zero-order valence-electron chi connectivity index (χ0n) is 18.0. The highest BCUT2D eigenvalue weighted by molar-refractivity contribution is 7.91. The summed E-state index contributed by atoms with van der Waals surface area (Å²) in [7, 11) is 0. The standard InChI is InChI=1S/C24H25FN4O3S/c25-18-3-7-21(8-4-18)32-20-5-1-17(2-6-20)22-15-19(16-23(28-22)24(26)30)27-9-10-29-11-13-33(31)14-12-29/h1-8,15-16H,9-14H2,(H2,26,30)(H,27,28). The number of hydrogen-bond acceptors (Lipinski definition) is 6. The molecule has 1 fully saturated rings. The average Bonchev–Trinajstić information content (AvgIpc) is 2.82. The topological polar surface area (TPSA) is 104 Å². The molecule has 1 aromatic heterocycles. The molecule has 33 heavy (non-hydrogen) atoms. The van der Waals surface area contributed by atoms with E-state index in [1.807, 2.05) is 18.2 Å². The number of hydrogen-bond donors (Lipinski definition) is 2. The molecule has 2 aromatic carbocycles. The van der Waals surface area contributed by atoms with Crippen LogP contribution >= 0.6 is 0 Å². The molecule has 1 amide bonds. The van der Waals surface area contributed by atoms with Crippen LogP contribution in [0.4, 0.5) is 10.1 Å². The lowest BCUT2D eigenvalue weighted by Crippen LogP contribution is -2.42. The van der Waals surface area contributed by atoms with Crippen LogP contribution in [0, 0.1) is 5.82 Å².